The topological polar surface area (TPSA) is 58.2 Å². The van der Waals surface area contributed by atoms with Crippen molar-refractivity contribution in [3.05, 3.63) is 70.2 Å². The largest absolute Gasteiger partial charge is 0.355 e. The molecule has 0 spiro atoms. The van der Waals surface area contributed by atoms with Crippen LogP contribution in [-0.4, -0.2) is 18.9 Å². The standard InChI is InChI=1S/C19H19ClN2O2/c1-21-17(23)14-7-5-13(6-8-14)12-22-18(24)19(9-10-19)15-3-2-4-16(20)11-15/h2-8,11H,9-10,12H2,1H3,(H,21,23)(H,22,24). The summed E-state index contributed by atoms with van der Waals surface area (Å²) in [7, 11) is 1.60. The SMILES string of the molecule is CNC(=O)c1ccc(CNC(=O)C2(c3cccc(Cl)c3)CC2)cc1. The van der Waals surface area contributed by atoms with E-state index < -0.39 is 5.41 Å². The highest BCUT2D eigenvalue weighted by Gasteiger charge is 2.51. The smallest absolute Gasteiger partial charge is 0.251 e. The summed E-state index contributed by atoms with van der Waals surface area (Å²) >= 11 is 6.04. The molecule has 0 atom stereocenters. The predicted octanol–water partition coefficient (Wildman–Crippen LogP) is 3.05. The van der Waals surface area contributed by atoms with Crippen molar-refractivity contribution < 1.29 is 9.59 Å². The number of benzene rings is 2. The molecule has 2 amide bonds. The fourth-order valence-electron chi connectivity index (χ4n) is 2.83. The summed E-state index contributed by atoms with van der Waals surface area (Å²) in [5.74, 6) is -0.0939. The number of carbonyl (C=O) groups excluding carboxylic acids is 2. The molecule has 0 heterocycles. The number of nitrogens with one attached hydrogen (secondary N) is 2. The summed E-state index contributed by atoms with van der Waals surface area (Å²) in [4.78, 5) is 24.1. The Labute approximate surface area is 146 Å². The number of amides is 2. The Morgan fingerprint density at radius 3 is 2.42 bits per heavy atom. The van der Waals surface area contributed by atoms with Gasteiger partial charge in [-0.1, -0.05) is 35.9 Å². The lowest BCUT2D eigenvalue weighted by molar-refractivity contribution is -0.123. The zero-order chi connectivity index (χ0) is 17.2. The van der Waals surface area contributed by atoms with Crippen molar-refractivity contribution >= 4 is 23.4 Å². The molecule has 2 N–H and O–H groups in total. The molecule has 5 heteroatoms. The van der Waals surface area contributed by atoms with Gasteiger partial charge in [-0.2, -0.15) is 0 Å². The zero-order valence-corrected chi connectivity index (χ0v) is 14.2. The molecule has 1 fully saturated rings. The first kappa shape index (κ1) is 16.5. The summed E-state index contributed by atoms with van der Waals surface area (Å²) < 4.78 is 0. The highest BCUT2D eigenvalue weighted by atomic mass is 35.5. The van der Waals surface area contributed by atoms with Gasteiger partial charge in [0.2, 0.25) is 5.91 Å². The van der Waals surface area contributed by atoms with Crippen LogP contribution in [0.2, 0.25) is 5.02 Å². The van der Waals surface area contributed by atoms with Crippen LogP contribution in [0, 0.1) is 0 Å². The van der Waals surface area contributed by atoms with E-state index in [2.05, 4.69) is 10.6 Å². The van der Waals surface area contributed by atoms with Gasteiger partial charge in [-0.3, -0.25) is 9.59 Å². The average molecular weight is 343 g/mol. The van der Waals surface area contributed by atoms with Crippen LogP contribution < -0.4 is 10.6 Å². The Bertz CT molecular complexity index is 767. The van der Waals surface area contributed by atoms with Gasteiger partial charge in [0.15, 0.2) is 0 Å². The quantitative estimate of drug-likeness (QED) is 0.877. The molecule has 3 rings (SSSR count). The van der Waals surface area contributed by atoms with E-state index in [0.717, 1.165) is 24.0 Å². The van der Waals surface area contributed by atoms with Gasteiger partial charge in [-0.15, -0.1) is 0 Å². The molecule has 1 saturated carbocycles. The lowest BCUT2D eigenvalue weighted by Gasteiger charge is -2.16. The van der Waals surface area contributed by atoms with E-state index in [4.69, 9.17) is 11.6 Å². The highest BCUT2D eigenvalue weighted by Crippen LogP contribution is 2.48. The Morgan fingerprint density at radius 2 is 1.83 bits per heavy atom. The van der Waals surface area contributed by atoms with Gasteiger partial charge in [-0.05, 0) is 48.2 Å². The van der Waals surface area contributed by atoms with Gasteiger partial charge in [0.05, 0.1) is 5.41 Å². The van der Waals surface area contributed by atoms with E-state index in [1.165, 1.54) is 0 Å². The Hall–Kier alpha value is -2.33. The number of hydrogen-bond donors (Lipinski definition) is 2. The van der Waals surface area contributed by atoms with Crippen molar-refractivity contribution in [2.24, 2.45) is 0 Å². The maximum atomic E-state index is 12.6. The van der Waals surface area contributed by atoms with Crippen LogP contribution >= 0.6 is 11.6 Å². The summed E-state index contributed by atoms with van der Waals surface area (Å²) in [5, 5.41) is 6.23. The van der Waals surface area contributed by atoms with E-state index >= 15 is 0 Å². The van der Waals surface area contributed by atoms with Crippen LogP contribution in [0.15, 0.2) is 48.5 Å². The fourth-order valence-corrected chi connectivity index (χ4v) is 3.02. The van der Waals surface area contributed by atoms with Gasteiger partial charge in [0.25, 0.3) is 5.91 Å². The summed E-state index contributed by atoms with van der Waals surface area (Å²) in [6.45, 7) is 0.440. The second kappa shape index (κ2) is 6.65. The zero-order valence-electron chi connectivity index (χ0n) is 13.4. The average Bonchev–Trinajstić information content (AvgIpc) is 3.41. The molecule has 1 aliphatic rings. The third-order valence-electron chi connectivity index (χ3n) is 4.46. The fraction of sp³-hybridized carbons (Fsp3) is 0.263. The van der Waals surface area contributed by atoms with Gasteiger partial charge in [0, 0.05) is 24.2 Å². The van der Waals surface area contributed by atoms with Gasteiger partial charge in [0.1, 0.15) is 0 Å². The van der Waals surface area contributed by atoms with Crippen LogP contribution in [0.5, 0.6) is 0 Å². The molecule has 0 saturated heterocycles. The number of halogens is 1. The van der Waals surface area contributed by atoms with Crippen LogP contribution in [0.3, 0.4) is 0 Å². The van der Waals surface area contributed by atoms with E-state index in [1.807, 2.05) is 36.4 Å². The minimum atomic E-state index is -0.438. The Balaban J connectivity index is 1.64. The molecule has 24 heavy (non-hydrogen) atoms. The van der Waals surface area contributed by atoms with E-state index in [1.54, 1.807) is 19.2 Å². The molecule has 2 aromatic rings. The Kier molecular flexibility index (Phi) is 4.58. The Morgan fingerprint density at radius 1 is 1.12 bits per heavy atom. The van der Waals surface area contributed by atoms with Crippen LogP contribution in [0.1, 0.15) is 34.3 Å². The summed E-state index contributed by atoms with van der Waals surface area (Å²) in [6, 6.07) is 14.7. The van der Waals surface area contributed by atoms with Gasteiger partial charge >= 0.3 is 0 Å². The van der Waals surface area contributed by atoms with Gasteiger partial charge in [-0.25, -0.2) is 0 Å². The van der Waals surface area contributed by atoms with Crippen molar-refractivity contribution in [2.75, 3.05) is 7.05 Å². The predicted molar refractivity (Wildman–Crippen MR) is 94.0 cm³/mol. The molecule has 0 bridgehead atoms. The molecule has 2 aromatic carbocycles. The minimum Gasteiger partial charge on any atom is -0.355 e. The molecule has 1 aliphatic carbocycles. The van der Waals surface area contributed by atoms with Crippen molar-refractivity contribution in [3.63, 3.8) is 0 Å². The highest BCUT2D eigenvalue weighted by molar-refractivity contribution is 6.30. The third-order valence-corrected chi connectivity index (χ3v) is 4.69. The maximum Gasteiger partial charge on any atom is 0.251 e. The maximum absolute atomic E-state index is 12.6. The van der Waals surface area contributed by atoms with Crippen molar-refractivity contribution in [1.29, 1.82) is 0 Å². The first-order valence-electron chi connectivity index (χ1n) is 7.90. The number of hydrogen-bond acceptors (Lipinski definition) is 2. The second-order valence-corrected chi connectivity index (χ2v) is 6.49. The summed E-state index contributed by atoms with van der Waals surface area (Å²) in [6.07, 6.45) is 1.68. The molecular formula is C19H19ClN2O2. The number of carbonyl (C=O) groups is 2. The second-order valence-electron chi connectivity index (χ2n) is 6.05. The third kappa shape index (κ3) is 3.29. The first-order chi connectivity index (χ1) is 11.5. The van der Waals surface area contributed by atoms with E-state index in [0.29, 0.717) is 17.1 Å². The normalized spacial score (nSPS) is 14.8. The van der Waals surface area contributed by atoms with Crippen LogP contribution in [0.4, 0.5) is 0 Å². The monoisotopic (exact) mass is 342 g/mol. The summed E-state index contributed by atoms with van der Waals surface area (Å²) in [5.41, 5.74) is 2.10. The molecule has 4 nitrogen and oxygen atoms in total. The lowest BCUT2D eigenvalue weighted by atomic mass is 9.95. The number of rotatable bonds is 5. The molecule has 124 valence electrons. The van der Waals surface area contributed by atoms with Crippen molar-refractivity contribution in [1.82, 2.24) is 10.6 Å². The van der Waals surface area contributed by atoms with Crippen molar-refractivity contribution in [2.45, 2.75) is 24.8 Å². The molecule has 0 aromatic heterocycles. The molecule has 0 unspecified atom stereocenters. The van der Waals surface area contributed by atoms with Crippen LogP contribution in [-0.2, 0) is 16.8 Å². The van der Waals surface area contributed by atoms with E-state index in [-0.39, 0.29) is 11.8 Å². The molecule has 0 radical (unpaired) electrons. The van der Waals surface area contributed by atoms with Crippen LogP contribution in [0.25, 0.3) is 0 Å². The minimum absolute atomic E-state index is 0.0279. The first-order valence-corrected chi connectivity index (χ1v) is 8.28. The molecule has 0 aliphatic heterocycles. The van der Waals surface area contributed by atoms with Gasteiger partial charge < -0.3 is 10.6 Å². The van der Waals surface area contributed by atoms with Crippen molar-refractivity contribution in [3.8, 4) is 0 Å². The van der Waals surface area contributed by atoms with E-state index in [9.17, 15) is 9.59 Å². The molecular weight excluding hydrogens is 324 g/mol. The lowest BCUT2D eigenvalue weighted by Crippen LogP contribution is -2.34.